The highest BCUT2D eigenvalue weighted by molar-refractivity contribution is 7.09. The van der Waals surface area contributed by atoms with Gasteiger partial charge in [-0.2, -0.15) is 4.98 Å². The lowest BCUT2D eigenvalue weighted by Crippen LogP contribution is -2.28. The summed E-state index contributed by atoms with van der Waals surface area (Å²) in [5.41, 5.74) is 1.05. The van der Waals surface area contributed by atoms with Crippen LogP contribution in [0.5, 0.6) is 0 Å². The quantitative estimate of drug-likeness (QED) is 0.879. The van der Waals surface area contributed by atoms with Gasteiger partial charge in [0.1, 0.15) is 10.8 Å². The average Bonchev–Trinajstić information content (AvgIpc) is 3.02. The third-order valence-electron chi connectivity index (χ3n) is 2.76. The summed E-state index contributed by atoms with van der Waals surface area (Å²) in [7, 11) is 1.80. The molecule has 0 atom stereocenters. The van der Waals surface area contributed by atoms with E-state index in [1.807, 2.05) is 12.3 Å². The molecule has 0 unspecified atom stereocenters. The number of hydrogen-bond acceptors (Lipinski definition) is 5. The maximum atomic E-state index is 11.7. The molecule has 108 valence electrons. The Morgan fingerprint density at radius 1 is 1.35 bits per heavy atom. The summed E-state index contributed by atoms with van der Waals surface area (Å²) in [5, 5.41) is 12.4. The van der Waals surface area contributed by atoms with Crippen molar-refractivity contribution in [2.24, 2.45) is 7.05 Å². The fourth-order valence-electron chi connectivity index (χ4n) is 1.67. The van der Waals surface area contributed by atoms with E-state index >= 15 is 0 Å². The number of rotatable bonds is 5. The Bertz CT molecular complexity index is 591. The van der Waals surface area contributed by atoms with Crippen LogP contribution in [0.15, 0.2) is 5.38 Å². The van der Waals surface area contributed by atoms with Crippen molar-refractivity contribution in [2.45, 2.75) is 33.2 Å². The Morgan fingerprint density at radius 3 is 2.75 bits per heavy atom. The molecular formula is C12H18N6OS. The third-order valence-corrected chi connectivity index (χ3v) is 3.65. The molecule has 2 heterocycles. The molecule has 0 saturated heterocycles. The first kappa shape index (κ1) is 14.4. The number of thiazole rings is 1. The number of aryl methyl sites for hydroxylation is 3. The van der Waals surface area contributed by atoms with Crippen LogP contribution in [0, 0.1) is 0 Å². The molecule has 2 rings (SSSR count). The van der Waals surface area contributed by atoms with Gasteiger partial charge in [0.05, 0.1) is 12.2 Å². The number of amides is 2. The molecule has 0 aromatic carbocycles. The second-order valence-electron chi connectivity index (χ2n) is 4.22. The molecule has 0 fully saturated rings. The average molecular weight is 294 g/mol. The van der Waals surface area contributed by atoms with Crippen LogP contribution in [0.1, 0.15) is 30.4 Å². The first-order valence-electron chi connectivity index (χ1n) is 6.50. The van der Waals surface area contributed by atoms with Gasteiger partial charge in [-0.15, -0.1) is 16.4 Å². The Morgan fingerprint density at radius 2 is 2.15 bits per heavy atom. The normalized spacial score (nSPS) is 10.6. The van der Waals surface area contributed by atoms with Gasteiger partial charge in [-0.3, -0.25) is 10.00 Å². The highest BCUT2D eigenvalue weighted by Crippen LogP contribution is 2.09. The van der Waals surface area contributed by atoms with Crippen LogP contribution in [-0.2, 0) is 26.4 Å². The molecule has 0 spiro atoms. The van der Waals surface area contributed by atoms with Gasteiger partial charge in [-0.1, -0.05) is 13.8 Å². The van der Waals surface area contributed by atoms with Crippen LogP contribution in [0.25, 0.3) is 0 Å². The summed E-state index contributed by atoms with van der Waals surface area (Å²) < 4.78 is 1.66. The Balaban J connectivity index is 1.85. The van der Waals surface area contributed by atoms with Crippen molar-refractivity contribution in [2.75, 3.05) is 5.32 Å². The molecule has 2 aromatic heterocycles. The molecule has 0 aliphatic carbocycles. The van der Waals surface area contributed by atoms with Crippen LogP contribution < -0.4 is 10.6 Å². The Hall–Kier alpha value is -1.96. The molecule has 2 amide bonds. The highest BCUT2D eigenvalue weighted by atomic mass is 32.1. The number of carbonyl (C=O) groups excluding carboxylic acids is 1. The number of nitrogens with one attached hydrogen (secondary N) is 2. The Kier molecular flexibility index (Phi) is 4.67. The highest BCUT2D eigenvalue weighted by Gasteiger charge is 2.09. The number of urea groups is 1. The summed E-state index contributed by atoms with van der Waals surface area (Å²) in [6.45, 7) is 4.45. The summed E-state index contributed by atoms with van der Waals surface area (Å²) >= 11 is 1.54. The molecule has 0 aliphatic heterocycles. The maximum absolute atomic E-state index is 11.7. The largest absolute Gasteiger partial charge is 0.331 e. The third kappa shape index (κ3) is 3.53. The van der Waals surface area contributed by atoms with E-state index < -0.39 is 0 Å². The van der Waals surface area contributed by atoms with Gasteiger partial charge in [-0.05, 0) is 6.42 Å². The standard InChI is InChI=1S/C12H18N6OS/c1-4-8-7-20-10(14-8)6-13-12(19)16-11-15-9(5-2)18(3)17-11/h7H,4-6H2,1-3H3,(H2,13,16,17,19). The van der Waals surface area contributed by atoms with Crippen molar-refractivity contribution in [1.29, 1.82) is 0 Å². The summed E-state index contributed by atoms with van der Waals surface area (Å²) in [4.78, 5) is 20.3. The van der Waals surface area contributed by atoms with Crippen LogP contribution in [0.3, 0.4) is 0 Å². The molecule has 0 aliphatic rings. The monoisotopic (exact) mass is 294 g/mol. The van der Waals surface area contributed by atoms with Crippen molar-refractivity contribution < 1.29 is 4.79 Å². The predicted octanol–water partition coefficient (Wildman–Crippen LogP) is 1.72. The van der Waals surface area contributed by atoms with E-state index in [9.17, 15) is 4.79 Å². The van der Waals surface area contributed by atoms with E-state index in [-0.39, 0.29) is 6.03 Å². The lowest BCUT2D eigenvalue weighted by atomic mass is 10.4. The van der Waals surface area contributed by atoms with Gasteiger partial charge in [0.25, 0.3) is 0 Å². The minimum absolute atomic E-state index is 0.315. The molecule has 0 radical (unpaired) electrons. The first-order chi connectivity index (χ1) is 9.62. The SMILES string of the molecule is CCc1csc(CNC(=O)Nc2nc(CC)n(C)n2)n1. The zero-order chi connectivity index (χ0) is 14.5. The van der Waals surface area contributed by atoms with Crippen molar-refractivity contribution >= 4 is 23.3 Å². The molecule has 7 nitrogen and oxygen atoms in total. The summed E-state index contributed by atoms with van der Waals surface area (Å²) in [6, 6.07) is -0.327. The second kappa shape index (κ2) is 6.47. The van der Waals surface area contributed by atoms with Crippen molar-refractivity contribution in [1.82, 2.24) is 25.1 Å². The number of aromatic nitrogens is 4. The second-order valence-corrected chi connectivity index (χ2v) is 5.17. The Labute approximate surface area is 121 Å². The fraction of sp³-hybridized carbons (Fsp3) is 0.500. The van der Waals surface area contributed by atoms with Crippen LogP contribution >= 0.6 is 11.3 Å². The number of carbonyl (C=O) groups is 1. The molecule has 2 N–H and O–H groups in total. The van der Waals surface area contributed by atoms with Crippen molar-refractivity contribution in [3.63, 3.8) is 0 Å². The molecule has 0 bridgehead atoms. The topological polar surface area (TPSA) is 84.7 Å². The van der Waals surface area contributed by atoms with Crippen molar-refractivity contribution in [3.05, 3.63) is 21.9 Å². The minimum Gasteiger partial charge on any atom is -0.331 e. The van der Waals surface area contributed by atoms with Gasteiger partial charge in [0, 0.05) is 18.8 Å². The van der Waals surface area contributed by atoms with E-state index in [1.165, 1.54) is 0 Å². The lowest BCUT2D eigenvalue weighted by molar-refractivity contribution is 0.251. The van der Waals surface area contributed by atoms with Crippen LogP contribution in [0.2, 0.25) is 0 Å². The summed E-state index contributed by atoms with van der Waals surface area (Å²) in [6.07, 6.45) is 1.67. The van der Waals surface area contributed by atoms with E-state index in [2.05, 4.69) is 32.6 Å². The molecule has 20 heavy (non-hydrogen) atoms. The van der Waals surface area contributed by atoms with Crippen LogP contribution in [0.4, 0.5) is 10.7 Å². The van der Waals surface area contributed by atoms with E-state index in [1.54, 1.807) is 23.1 Å². The van der Waals surface area contributed by atoms with E-state index in [0.717, 1.165) is 29.4 Å². The predicted molar refractivity (Wildman–Crippen MR) is 77.7 cm³/mol. The number of anilines is 1. The molecule has 2 aromatic rings. The number of nitrogens with zero attached hydrogens (tertiary/aromatic N) is 4. The van der Waals surface area contributed by atoms with Gasteiger partial charge < -0.3 is 5.32 Å². The summed E-state index contributed by atoms with van der Waals surface area (Å²) in [5.74, 6) is 1.14. The zero-order valence-corrected chi connectivity index (χ0v) is 12.6. The number of hydrogen-bond donors (Lipinski definition) is 2. The zero-order valence-electron chi connectivity index (χ0n) is 11.8. The van der Waals surface area contributed by atoms with Gasteiger partial charge >= 0.3 is 6.03 Å². The van der Waals surface area contributed by atoms with Gasteiger partial charge in [0.2, 0.25) is 5.95 Å². The van der Waals surface area contributed by atoms with Gasteiger partial charge in [0.15, 0.2) is 0 Å². The van der Waals surface area contributed by atoms with Crippen LogP contribution in [-0.4, -0.2) is 25.8 Å². The van der Waals surface area contributed by atoms with Gasteiger partial charge in [-0.25, -0.2) is 9.78 Å². The smallest absolute Gasteiger partial charge is 0.322 e. The molecule has 8 heteroatoms. The molecular weight excluding hydrogens is 276 g/mol. The molecule has 0 saturated carbocycles. The first-order valence-corrected chi connectivity index (χ1v) is 7.38. The fourth-order valence-corrected chi connectivity index (χ4v) is 2.49. The van der Waals surface area contributed by atoms with E-state index in [0.29, 0.717) is 12.5 Å². The minimum atomic E-state index is -0.327. The lowest BCUT2D eigenvalue weighted by Gasteiger charge is -2.02. The maximum Gasteiger partial charge on any atom is 0.322 e. The van der Waals surface area contributed by atoms with Crippen molar-refractivity contribution in [3.8, 4) is 0 Å². The van der Waals surface area contributed by atoms with E-state index in [4.69, 9.17) is 0 Å².